The minimum absolute atomic E-state index is 0.735. The molecule has 0 aromatic heterocycles. The van der Waals surface area contributed by atoms with Crippen LogP contribution in [-0.4, -0.2) is 65.4 Å². The van der Waals surface area contributed by atoms with Gasteiger partial charge >= 0.3 is 0 Å². The highest BCUT2D eigenvalue weighted by molar-refractivity contribution is 4.56. The molecule has 0 bridgehead atoms. The monoisotopic (exact) mass is 655 g/mol. The third kappa shape index (κ3) is 50.6. The third-order valence-corrected chi connectivity index (χ3v) is 9.01. The zero-order chi connectivity index (χ0) is 33.7. The lowest BCUT2D eigenvalue weighted by Crippen LogP contribution is -2.31. The normalized spacial score (nSPS) is 11.2. The van der Waals surface area contributed by atoms with E-state index in [2.05, 4.69) is 35.1 Å². The Morgan fingerprint density at radius 1 is 0.239 bits per heavy atom. The summed E-state index contributed by atoms with van der Waals surface area (Å²) in [5.74, 6) is 0. The van der Waals surface area contributed by atoms with Crippen LogP contribution in [0.4, 0.5) is 0 Å². The molecule has 0 fully saturated rings. The van der Waals surface area contributed by atoms with Gasteiger partial charge in [0.15, 0.2) is 0 Å². The fourth-order valence-corrected chi connectivity index (χ4v) is 5.95. The summed E-state index contributed by atoms with van der Waals surface area (Å²) in [6.45, 7) is 14.5. The molecule has 8 N–H and O–H groups in total. The smallest absolute Gasteiger partial charge is 0.00772 e. The van der Waals surface area contributed by atoms with Gasteiger partial charge in [-0.25, -0.2) is 0 Å². The van der Waals surface area contributed by atoms with Crippen LogP contribution in [0.1, 0.15) is 194 Å². The molecular formula is C40H90N6. The Hall–Kier alpha value is -0.240. The van der Waals surface area contributed by atoms with Gasteiger partial charge in [-0.15, -0.1) is 0 Å². The average molecular weight is 655 g/mol. The molecule has 46 heavy (non-hydrogen) atoms. The predicted octanol–water partition coefficient (Wildman–Crippen LogP) is 9.21. The number of unbranched alkanes of at least 4 members (excludes halogenated alkanes) is 26. The lowest BCUT2D eigenvalue weighted by molar-refractivity contribution is 0.524. The second-order valence-electron chi connectivity index (χ2n) is 13.8. The van der Waals surface area contributed by atoms with Crippen LogP contribution >= 0.6 is 0 Å². The molecular weight excluding hydrogens is 564 g/mol. The molecule has 0 amide bonds. The molecule has 0 radical (unpaired) electrons. The van der Waals surface area contributed by atoms with Gasteiger partial charge in [-0.05, 0) is 25.9 Å². The fourth-order valence-electron chi connectivity index (χ4n) is 5.95. The molecule has 0 spiro atoms. The van der Waals surface area contributed by atoms with Crippen LogP contribution in [0, 0.1) is 0 Å². The first kappa shape index (κ1) is 47.9. The van der Waals surface area contributed by atoms with E-state index in [-0.39, 0.29) is 0 Å². The van der Waals surface area contributed by atoms with Gasteiger partial charge in [0.05, 0.1) is 0 Å². The van der Waals surface area contributed by atoms with Crippen molar-refractivity contribution < 1.29 is 0 Å². The van der Waals surface area contributed by atoms with E-state index in [1.54, 1.807) is 0 Å². The van der Waals surface area contributed by atoms with Gasteiger partial charge in [-0.1, -0.05) is 181 Å². The van der Waals surface area contributed by atoms with Crippen LogP contribution in [0.2, 0.25) is 0 Å². The Balaban J connectivity index is 0. The number of hydrogen-bond donors (Lipinski definition) is 6. The van der Waals surface area contributed by atoms with Crippen molar-refractivity contribution >= 4 is 0 Å². The third-order valence-electron chi connectivity index (χ3n) is 9.01. The van der Waals surface area contributed by atoms with E-state index in [1.807, 2.05) is 0 Å². The van der Waals surface area contributed by atoms with Gasteiger partial charge in [0, 0.05) is 52.4 Å². The van der Waals surface area contributed by atoms with Crippen LogP contribution in [0.5, 0.6) is 0 Å². The van der Waals surface area contributed by atoms with Gasteiger partial charge in [0.25, 0.3) is 0 Å². The minimum atomic E-state index is 0.735. The zero-order valence-electron chi connectivity index (χ0n) is 32.0. The maximum Gasteiger partial charge on any atom is 0.00772 e. The quantitative estimate of drug-likeness (QED) is 0.0369. The molecule has 0 aromatic carbocycles. The molecule has 0 atom stereocenters. The second-order valence-corrected chi connectivity index (χ2v) is 13.8. The van der Waals surface area contributed by atoms with Crippen LogP contribution < -0.4 is 32.7 Å². The van der Waals surface area contributed by atoms with Crippen molar-refractivity contribution in [2.24, 2.45) is 11.5 Å². The maximum absolute atomic E-state index is 5.43. The summed E-state index contributed by atoms with van der Waals surface area (Å²) in [6, 6.07) is 0. The Morgan fingerprint density at radius 2 is 0.435 bits per heavy atom. The number of rotatable bonds is 40. The average Bonchev–Trinajstić information content (AvgIpc) is 3.07. The van der Waals surface area contributed by atoms with Crippen molar-refractivity contribution in [3.63, 3.8) is 0 Å². The molecule has 0 aromatic rings. The van der Waals surface area contributed by atoms with E-state index >= 15 is 0 Å². The van der Waals surface area contributed by atoms with Crippen LogP contribution in [-0.2, 0) is 0 Å². The largest absolute Gasteiger partial charge is 0.329 e. The van der Waals surface area contributed by atoms with Gasteiger partial charge in [-0.2, -0.15) is 0 Å². The highest BCUT2D eigenvalue weighted by Crippen LogP contribution is 2.14. The van der Waals surface area contributed by atoms with Gasteiger partial charge < -0.3 is 32.7 Å². The first-order chi connectivity index (χ1) is 22.8. The molecule has 0 heterocycles. The summed E-state index contributed by atoms with van der Waals surface area (Å²) in [6.07, 6.45) is 40.1. The molecule has 0 aliphatic heterocycles. The Kier molecular flexibility index (Phi) is 51.2. The Morgan fingerprint density at radius 3 is 0.652 bits per heavy atom. The second kappa shape index (κ2) is 49.2. The molecule has 280 valence electrons. The summed E-state index contributed by atoms with van der Waals surface area (Å²) in [4.78, 5) is 0. The summed E-state index contributed by atoms with van der Waals surface area (Å²) in [5.41, 5.74) is 10.8. The van der Waals surface area contributed by atoms with Gasteiger partial charge in [0.2, 0.25) is 0 Å². The lowest BCUT2D eigenvalue weighted by atomic mass is 10.0. The minimum Gasteiger partial charge on any atom is -0.329 e. The van der Waals surface area contributed by atoms with Crippen molar-refractivity contribution in [2.45, 2.75) is 194 Å². The van der Waals surface area contributed by atoms with Gasteiger partial charge in [-0.3, -0.25) is 0 Å². The molecule has 0 saturated heterocycles. The van der Waals surface area contributed by atoms with Crippen molar-refractivity contribution in [2.75, 3.05) is 65.4 Å². The standard InChI is InChI=1S/C22H49N3.C18H41N3/c1-2-3-4-5-6-7-8-9-10-11-12-13-14-15-16-17-19-24-21-22-25-20-18-23;1-2-3-4-5-6-7-8-9-10-11-12-13-15-20-17-18-21-16-14-19/h24-25H,2-23H2,1H3;20-21H,2-19H2,1H3. The fraction of sp³-hybridized carbons (Fsp3) is 1.00. The number of nitrogens with two attached hydrogens (primary N) is 2. The molecule has 6 heteroatoms. The molecule has 0 aliphatic carbocycles. The highest BCUT2D eigenvalue weighted by Gasteiger charge is 1.96. The zero-order valence-corrected chi connectivity index (χ0v) is 32.0. The molecule has 0 rings (SSSR count). The first-order valence-electron chi connectivity index (χ1n) is 21.1. The summed E-state index contributed by atoms with van der Waals surface area (Å²) < 4.78 is 0. The van der Waals surface area contributed by atoms with Crippen molar-refractivity contribution in [3.05, 3.63) is 0 Å². The summed E-state index contributed by atoms with van der Waals surface area (Å²) in [5, 5.41) is 13.6. The van der Waals surface area contributed by atoms with Gasteiger partial charge in [0.1, 0.15) is 0 Å². The summed E-state index contributed by atoms with van der Waals surface area (Å²) in [7, 11) is 0. The van der Waals surface area contributed by atoms with E-state index in [1.165, 1.54) is 193 Å². The molecule has 0 aliphatic rings. The molecule has 6 nitrogen and oxygen atoms in total. The van der Waals surface area contributed by atoms with Crippen LogP contribution in [0.15, 0.2) is 0 Å². The van der Waals surface area contributed by atoms with E-state index < -0.39 is 0 Å². The maximum atomic E-state index is 5.43. The van der Waals surface area contributed by atoms with Crippen molar-refractivity contribution in [1.82, 2.24) is 21.3 Å². The van der Waals surface area contributed by atoms with E-state index in [0.29, 0.717) is 0 Å². The van der Waals surface area contributed by atoms with Crippen LogP contribution in [0.3, 0.4) is 0 Å². The topological polar surface area (TPSA) is 100 Å². The molecule has 0 unspecified atom stereocenters. The van der Waals surface area contributed by atoms with E-state index in [9.17, 15) is 0 Å². The van der Waals surface area contributed by atoms with Crippen molar-refractivity contribution in [1.29, 1.82) is 0 Å². The molecule has 0 saturated carbocycles. The van der Waals surface area contributed by atoms with E-state index in [4.69, 9.17) is 11.5 Å². The highest BCUT2D eigenvalue weighted by atomic mass is 14.9. The Labute approximate surface area is 291 Å². The SMILES string of the molecule is CCCCCCCCCCCCCCCCCCNCCNCCN.CCCCCCCCCCCCCCNCCNCCN. The predicted molar refractivity (Wildman–Crippen MR) is 210 cm³/mol. The van der Waals surface area contributed by atoms with E-state index in [0.717, 1.165) is 52.4 Å². The van der Waals surface area contributed by atoms with Crippen LogP contribution in [0.25, 0.3) is 0 Å². The lowest BCUT2D eigenvalue weighted by Gasteiger charge is -2.06. The number of nitrogens with one attached hydrogen (secondary N) is 4. The number of hydrogen-bond acceptors (Lipinski definition) is 6. The Bertz CT molecular complexity index is 439. The van der Waals surface area contributed by atoms with Crippen molar-refractivity contribution in [3.8, 4) is 0 Å². The summed E-state index contributed by atoms with van der Waals surface area (Å²) >= 11 is 0. The first-order valence-corrected chi connectivity index (χ1v) is 21.1.